The fourth-order valence-corrected chi connectivity index (χ4v) is 4.88. The quantitative estimate of drug-likeness (QED) is 0.280. The molecular formula is C29H31ClN6O2. The molecule has 38 heavy (non-hydrogen) atoms. The lowest BCUT2D eigenvalue weighted by molar-refractivity contribution is 0.171. The van der Waals surface area contributed by atoms with E-state index in [9.17, 15) is 4.79 Å². The number of tetrazole rings is 1. The highest BCUT2D eigenvalue weighted by molar-refractivity contribution is 6.30. The number of benzene rings is 2. The normalized spacial score (nSPS) is 12.9. The second kappa shape index (κ2) is 10.2. The van der Waals surface area contributed by atoms with Crippen LogP contribution in [0.5, 0.6) is 0 Å². The molecule has 3 aromatic heterocycles. The van der Waals surface area contributed by atoms with Crippen LogP contribution in [0.25, 0.3) is 10.9 Å². The first kappa shape index (κ1) is 25.9. The van der Waals surface area contributed by atoms with Gasteiger partial charge in [-0.25, -0.2) is 4.68 Å². The van der Waals surface area contributed by atoms with Crippen LogP contribution in [0.4, 0.5) is 0 Å². The van der Waals surface area contributed by atoms with E-state index in [0.717, 1.165) is 33.4 Å². The summed E-state index contributed by atoms with van der Waals surface area (Å²) in [5.74, 6) is 1.34. The highest BCUT2D eigenvalue weighted by atomic mass is 35.5. The standard InChI is InChI=1S/C29H31ClN6O2/c1-18-8-11-21-15-24(28(37)31-25(21)19(18)2)26(27-32-33-34-36(27)29(3,4)5)35(17-23-7-6-14-38-23)16-20-9-12-22(30)13-10-20/h6-15,26H,16-17H2,1-5H3,(H,31,37)/t26-/m1/s1. The molecule has 0 unspecified atom stereocenters. The number of rotatable bonds is 7. The van der Waals surface area contributed by atoms with Crippen LogP contribution in [-0.2, 0) is 18.6 Å². The number of nitrogens with one attached hydrogen (secondary N) is 1. The van der Waals surface area contributed by atoms with Crippen LogP contribution in [0.15, 0.2) is 70.1 Å². The van der Waals surface area contributed by atoms with Gasteiger partial charge in [0, 0.05) is 17.1 Å². The Hall–Kier alpha value is -3.75. The van der Waals surface area contributed by atoms with Gasteiger partial charge in [0.05, 0.1) is 23.9 Å². The van der Waals surface area contributed by atoms with Gasteiger partial charge in [0.1, 0.15) is 11.8 Å². The Morgan fingerprint density at radius 1 is 1.08 bits per heavy atom. The van der Waals surface area contributed by atoms with Crippen molar-refractivity contribution in [3.8, 4) is 0 Å². The van der Waals surface area contributed by atoms with E-state index >= 15 is 0 Å². The van der Waals surface area contributed by atoms with Gasteiger partial charge in [-0.3, -0.25) is 9.69 Å². The third kappa shape index (κ3) is 5.14. The summed E-state index contributed by atoms with van der Waals surface area (Å²) < 4.78 is 7.53. The van der Waals surface area contributed by atoms with E-state index in [1.54, 1.807) is 10.9 Å². The average Bonchev–Trinajstić information content (AvgIpc) is 3.56. The second-order valence-corrected chi connectivity index (χ2v) is 11.1. The number of halogens is 1. The largest absolute Gasteiger partial charge is 0.468 e. The highest BCUT2D eigenvalue weighted by Gasteiger charge is 2.34. The number of furan rings is 1. The second-order valence-electron chi connectivity index (χ2n) is 10.7. The lowest BCUT2D eigenvalue weighted by Crippen LogP contribution is -2.37. The maximum absolute atomic E-state index is 13.8. The molecule has 0 fully saturated rings. The van der Waals surface area contributed by atoms with Gasteiger partial charge in [-0.05, 0) is 97.5 Å². The Kier molecular flexibility index (Phi) is 6.94. The summed E-state index contributed by atoms with van der Waals surface area (Å²) in [6.07, 6.45) is 1.65. The van der Waals surface area contributed by atoms with Gasteiger partial charge in [-0.1, -0.05) is 35.9 Å². The molecule has 0 aliphatic heterocycles. The summed E-state index contributed by atoms with van der Waals surface area (Å²) in [6.45, 7) is 11.1. The monoisotopic (exact) mass is 530 g/mol. The van der Waals surface area contributed by atoms with Crippen LogP contribution >= 0.6 is 11.6 Å². The predicted molar refractivity (Wildman–Crippen MR) is 148 cm³/mol. The van der Waals surface area contributed by atoms with Crippen LogP contribution in [-0.4, -0.2) is 30.1 Å². The summed E-state index contributed by atoms with van der Waals surface area (Å²) in [5, 5.41) is 14.4. The molecule has 1 N–H and O–H groups in total. The molecule has 0 saturated carbocycles. The first-order valence-corrected chi connectivity index (χ1v) is 12.9. The minimum Gasteiger partial charge on any atom is -0.468 e. The van der Waals surface area contributed by atoms with E-state index in [-0.39, 0.29) is 5.56 Å². The number of aromatic amines is 1. The van der Waals surface area contributed by atoms with E-state index in [1.165, 1.54) is 0 Å². The smallest absolute Gasteiger partial charge is 0.253 e. The molecule has 8 nitrogen and oxygen atoms in total. The molecule has 0 aliphatic carbocycles. The maximum atomic E-state index is 13.8. The molecule has 0 bridgehead atoms. The SMILES string of the molecule is Cc1ccc2cc([C@H](c3nnnn3C(C)(C)C)N(Cc3ccc(Cl)cc3)Cc3ccco3)c(=O)[nH]c2c1C. The number of H-pyrrole nitrogens is 1. The fourth-order valence-electron chi connectivity index (χ4n) is 4.75. The number of pyridine rings is 1. The summed E-state index contributed by atoms with van der Waals surface area (Å²) in [7, 11) is 0. The van der Waals surface area contributed by atoms with E-state index in [0.29, 0.717) is 29.5 Å². The first-order valence-electron chi connectivity index (χ1n) is 12.5. The molecule has 5 rings (SSSR count). The lowest BCUT2D eigenvalue weighted by atomic mass is 9.99. The van der Waals surface area contributed by atoms with Crippen molar-refractivity contribution in [1.29, 1.82) is 0 Å². The van der Waals surface area contributed by atoms with Crippen molar-refractivity contribution >= 4 is 22.5 Å². The fraction of sp³-hybridized carbons (Fsp3) is 0.310. The Labute approximate surface area is 226 Å². The molecule has 0 aliphatic rings. The maximum Gasteiger partial charge on any atom is 0.253 e. The van der Waals surface area contributed by atoms with Gasteiger partial charge in [0.25, 0.3) is 5.56 Å². The molecule has 196 valence electrons. The minimum atomic E-state index is -0.570. The molecule has 0 spiro atoms. The first-order chi connectivity index (χ1) is 18.1. The Morgan fingerprint density at radius 3 is 2.53 bits per heavy atom. The zero-order chi connectivity index (χ0) is 27.0. The Balaban J connectivity index is 1.73. The Morgan fingerprint density at radius 2 is 1.84 bits per heavy atom. The Bertz CT molecular complexity index is 1610. The third-order valence-electron chi connectivity index (χ3n) is 6.85. The van der Waals surface area contributed by atoms with Crippen LogP contribution in [0.3, 0.4) is 0 Å². The number of fused-ring (bicyclic) bond motifs is 1. The van der Waals surface area contributed by atoms with E-state index < -0.39 is 11.6 Å². The van der Waals surface area contributed by atoms with Gasteiger partial charge in [0.15, 0.2) is 5.82 Å². The minimum absolute atomic E-state index is 0.180. The van der Waals surface area contributed by atoms with Crippen molar-refractivity contribution in [2.45, 2.75) is 59.3 Å². The van der Waals surface area contributed by atoms with Crippen molar-refractivity contribution in [2.24, 2.45) is 0 Å². The van der Waals surface area contributed by atoms with E-state index in [4.69, 9.17) is 16.0 Å². The van der Waals surface area contributed by atoms with Crippen LogP contribution in [0.2, 0.25) is 5.02 Å². The lowest BCUT2D eigenvalue weighted by Gasteiger charge is -2.32. The van der Waals surface area contributed by atoms with Gasteiger partial charge in [-0.15, -0.1) is 5.10 Å². The van der Waals surface area contributed by atoms with Crippen LogP contribution in [0, 0.1) is 13.8 Å². The van der Waals surface area contributed by atoms with Crippen molar-refractivity contribution < 1.29 is 4.42 Å². The number of hydrogen-bond acceptors (Lipinski definition) is 6. The number of aromatic nitrogens is 5. The van der Waals surface area contributed by atoms with E-state index in [2.05, 4.69) is 31.5 Å². The topological polar surface area (TPSA) is 92.8 Å². The van der Waals surface area contributed by atoms with Crippen molar-refractivity contribution in [2.75, 3.05) is 0 Å². The summed E-state index contributed by atoms with van der Waals surface area (Å²) in [5.41, 5.74) is 4.01. The number of nitrogens with zero attached hydrogens (tertiary/aromatic N) is 5. The zero-order valence-electron chi connectivity index (χ0n) is 22.2. The molecule has 1 atom stereocenters. The van der Waals surface area contributed by atoms with Gasteiger partial charge >= 0.3 is 0 Å². The average molecular weight is 531 g/mol. The van der Waals surface area contributed by atoms with Crippen molar-refractivity contribution in [3.63, 3.8) is 0 Å². The van der Waals surface area contributed by atoms with Gasteiger partial charge < -0.3 is 9.40 Å². The predicted octanol–water partition coefficient (Wildman–Crippen LogP) is 5.92. The molecule has 9 heteroatoms. The van der Waals surface area contributed by atoms with Gasteiger partial charge in [-0.2, -0.15) is 0 Å². The van der Waals surface area contributed by atoms with E-state index in [1.807, 2.05) is 83.1 Å². The molecule has 5 aromatic rings. The summed E-state index contributed by atoms with van der Waals surface area (Å²) in [4.78, 5) is 19.1. The van der Waals surface area contributed by atoms with Crippen LogP contribution < -0.4 is 5.56 Å². The zero-order valence-corrected chi connectivity index (χ0v) is 23.0. The van der Waals surface area contributed by atoms with Crippen molar-refractivity contribution in [1.82, 2.24) is 30.1 Å². The molecule has 2 aromatic carbocycles. The molecule has 0 saturated heterocycles. The highest BCUT2D eigenvalue weighted by Crippen LogP contribution is 2.32. The molecule has 0 amide bonds. The number of hydrogen-bond donors (Lipinski definition) is 1. The summed E-state index contributed by atoms with van der Waals surface area (Å²) in [6, 6.07) is 17.0. The third-order valence-corrected chi connectivity index (χ3v) is 7.10. The van der Waals surface area contributed by atoms with Crippen LogP contribution in [0.1, 0.15) is 60.7 Å². The van der Waals surface area contributed by atoms with Gasteiger partial charge in [0.2, 0.25) is 0 Å². The number of aryl methyl sites for hydroxylation is 2. The molecule has 3 heterocycles. The molecular weight excluding hydrogens is 500 g/mol. The summed E-state index contributed by atoms with van der Waals surface area (Å²) >= 11 is 6.17. The molecule has 0 radical (unpaired) electrons. The van der Waals surface area contributed by atoms with Crippen molar-refractivity contribution in [3.05, 3.63) is 110 Å².